The highest BCUT2D eigenvalue weighted by Crippen LogP contribution is 2.14. The van der Waals surface area contributed by atoms with E-state index in [0.29, 0.717) is 19.8 Å². The number of hydrogen-bond acceptors (Lipinski definition) is 4. The van der Waals surface area contributed by atoms with E-state index in [9.17, 15) is 5.11 Å². The summed E-state index contributed by atoms with van der Waals surface area (Å²) >= 11 is 0. The summed E-state index contributed by atoms with van der Waals surface area (Å²) in [7, 11) is 3.66. The van der Waals surface area contributed by atoms with Crippen LogP contribution in [0.25, 0.3) is 0 Å². The molecule has 0 spiro atoms. The van der Waals surface area contributed by atoms with Crippen LogP contribution in [-0.2, 0) is 11.3 Å². The number of hydrogen-bond donors (Lipinski definition) is 1. The molecule has 0 fully saturated rings. The summed E-state index contributed by atoms with van der Waals surface area (Å²) in [6.07, 6.45) is 0. The van der Waals surface area contributed by atoms with Crippen LogP contribution < -0.4 is 4.74 Å². The first-order valence-corrected chi connectivity index (χ1v) is 6.52. The van der Waals surface area contributed by atoms with E-state index in [1.807, 2.05) is 45.2 Å². The molecule has 0 aliphatic rings. The third-order valence-electron chi connectivity index (χ3n) is 2.59. The van der Waals surface area contributed by atoms with Gasteiger partial charge in [-0.2, -0.15) is 0 Å². The van der Waals surface area contributed by atoms with Gasteiger partial charge in [0, 0.05) is 20.2 Å². The molecular weight excluding hydrogens is 242 g/mol. The maximum Gasteiger partial charge on any atom is 0.119 e. The minimum atomic E-state index is -0.669. The molecule has 1 N–H and O–H groups in total. The van der Waals surface area contributed by atoms with Crippen molar-refractivity contribution >= 4 is 0 Å². The number of likely N-dealkylation sites (N-methyl/N-ethyl adjacent to an activating group) is 1. The second kappa shape index (κ2) is 7.48. The fourth-order valence-electron chi connectivity index (χ4n) is 1.96. The third-order valence-corrected chi connectivity index (χ3v) is 2.59. The number of aliphatic hydroxyl groups is 1. The smallest absolute Gasteiger partial charge is 0.119 e. The molecule has 0 bridgehead atoms. The Kier molecular flexibility index (Phi) is 6.28. The standard InChI is InChI=1S/C15H25NO3/c1-15(2,17)12-16(3)11-13-5-7-14(8-6-13)19-10-9-18-4/h5-8,17H,9-12H2,1-4H3. The molecule has 0 aromatic heterocycles. The van der Waals surface area contributed by atoms with E-state index in [0.717, 1.165) is 12.3 Å². The number of benzene rings is 1. The molecule has 1 aromatic rings. The lowest BCUT2D eigenvalue weighted by atomic mass is 10.1. The van der Waals surface area contributed by atoms with Gasteiger partial charge in [0.1, 0.15) is 12.4 Å². The fourth-order valence-corrected chi connectivity index (χ4v) is 1.96. The van der Waals surface area contributed by atoms with Gasteiger partial charge in [-0.1, -0.05) is 12.1 Å². The molecule has 0 radical (unpaired) electrons. The number of methoxy groups -OCH3 is 1. The van der Waals surface area contributed by atoms with Crippen molar-refractivity contribution in [3.63, 3.8) is 0 Å². The van der Waals surface area contributed by atoms with Crippen molar-refractivity contribution in [1.29, 1.82) is 0 Å². The van der Waals surface area contributed by atoms with E-state index >= 15 is 0 Å². The van der Waals surface area contributed by atoms with E-state index in [2.05, 4.69) is 4.90 Å². The summed E-state index contributed by atoms with van der Waals surface area (Å²) < 4.78 is 10.4. The van der Waals surface area contributed by atoms with Gasteiger partial charge in [-0.25, -0.2) is 0 Å². The molecule has 108 valence electrons. The summed E-state index contributed by atoms with van der Waals surface area (Å²) in [5.41, 5.74) is 0.531. The maximum atomic E-state index is 9.76. The highest BCUT2D eigenvalue weighted by Gasteiger charge is 2.15. The van der Waals surface area contributed by atoms with Crippen LogP contribution in [0.2, 0.25) is 0 Å². The van der Waals surface area contributed by atoms with E-state index < -0.39 is 5.60 Å². The maximum absolute atomic E-state index is 9.76. The summed E-state index contributed by atoms with van der Waals surface area (Å²) in [5, 5.41) is 9.76. The number of ether oxygens (including phenoxy) is 2. The van der Waals surface area contributed by atoms with Gasteiger partial charge in [-0.05, 0) is 38.6 Å². The molecule has 0 aliphatic heterocycles. The average molecular weight is 267 g/mol. The third kappa shape index (κ3) is 7.15. The SMILES string of the molecule is COCCOc1ccc(CN(C)CC(C)(C)O)cc1. The predicted molar refractivity (Wildman–Crippen MR) is 76.4 cm³/mol. The second-order valence-electron chi connectivity index (χ2n) is 5.47. The molecule has 0 atom stereocenters. The predicted octanol–water partition coefficient (Wildman–Crippen LogP) is 1.91. The van der Waals surface area contributed by atoms with Gasteiger partial charge >= 0.3 is 0 Å². The Labute approximate surface area is 115 Å². The Hall–Kier alpha value is -1.10. The molecule has 0 aliphatic carbocycles. The van der Waals surface area contributed by atoms with Crippen LogP contribution in [0.15, 0.2) is 24.3 Å². The normalized spacial score (nSPS) is 11.9. The lowest BCUT2D eigenvalue weighted by Gasteiger charge is -2.25. The monoisotopic (exact) mass is 267 g/mol. The molecule has 4 heteroatoms. The largest absolute Gasteiger partial charge is 0.491 e. The van der Waals surface area contributed by atoms with Crippen LogP contribution in [0.4, 0.5) is 0 Å². The molecule has 0 amide bonds. The van der Waals surface area contributed by atoms with Gasteiger partial charge in [0.2, 0.25) is 0 Å². The van der Waals surface area contributed by atoms with Crippen LogP contribution in [0.3, 0.4) is 0 Å². The molecular formula is C15H25NO3. The molecule has 19 heavy (non-hydrogen) atoms. The highest BCUT2D eigenvalue weighted by molar-refractivity contribution is 5.27. The topological polar surface area (TPSA) is 41.9 Å². The molecule has 0 heterocycles. The van der Waals surface area contributed by atoms with Crippen molar-refractivity contribution < 1.29 is 14.6 Å². The van der Waals surface area contributed by atoms with Gasteiger partial charge in [-0.3, -0.25) is 4.90 Å². The van der Waals surface area contributed by atoms with Gasteiger partial charge in [0.05, 0.1) is 12.2 Å². The molecule has 0 saturated heterocycles. The van der Waals surface area contributed by atoms with E-state index in [1.165, 1.54) is 5.56 Å². The van der Waals surface area contributed by atoms with Gasteiger partial charge in [0.25, 0.3) is 0 Å². The van der Waals surface area contributed by atoms with Crippen molar-refractivity contribution in [3.05, 3.63) is 29.8 Å². The molecule has 1 aromatic carbocycles. The first kappa shape index (κ1) is 16.0. The molecule has 0 saturated carbocycles. The summed E-state index contributed by atoms with van der Waals surface area (Å²) in [6.45, 7) is 6.23. The van der Waals surface area contributed by atoms with Crippen molar-refractivity contribution in [2.75, 3.05) is 33.9 Å². The summed E-state index contributed by atoms with van der Waals surface area (Å²) in [4.78, 5) is 2.10. The van der Waals surface area contributed by atoms with Gasteiger partial charge in [0.15, 0.2) is 0 Å². The van der Waals surface area contributed by atoms with Gasteiger partial charge < -0.3 is 14.6 Å². The summed E-state index contributed by atoms with van der Waals surface area (Å²) in [5.74, 6) is 0.853. The van der Waals surface area contributed by atoms with Crippen LogP contribution in [0.5, 0.6) is 5.75 Å². The van der Waals surface area contributed by atoms with Crippen LogP contribution >= 0.6 is 0 Å². The Morgan fingerprint density at radius 2 is 1.79 bits per heavy atom. The molecule has 0 unspecified atom stereocenters. The number of rotatable bonds is 8. The van der Waals surface area contributed by atoms with Crippen molar-refractivity contribution in [2.24, 2.45) is 0 Å². The lowest BCUT2D eigenvalue weighted by Crippen LogP contribution is -2.35. The Morgan fingerprint density at radius 3 is 2.32 bits per heavy atom. The fraction of sp³-hybridized carbons (Fsp3) is 0.600. The molecule has 4 nitrogen and oxygen atoms in total. The lowest BCUT2D eigenvalue weighted by molar-refractivity contribution is 0.0425. The first-order chi connectivity index (χ1) is 8.90. The van der Waals surface area contributed by atoms with Gasteiger partial charge in [-0.15, -0.1) is 0 Å². The van der Waals surface area contributed by atoms with Crippen LogP contribution in [0.1, 0.15) is 19.4 Å². The Bertz CT molecular complexity index is 357. The second-order valence-corrected chi connectivity index (χ2v) is 5.47. The van der Waals surface area contributed by atoms with E-state index in [1.54, 1.807) is 7.11 Å². The van der Waals surface area contributed by atoms with Crippen LogP contribution in [-0.4, -0.2) is 49.5 Å². The highest BCUT2D eigenvalue weighted by atomic mass is 16.5. The Balaban J connectivity index is 2.43. The minimum absolute atomic E-state index is 0.564. The van der Waals surface area contributed by atoms with Crippen molar-refractivity contribution in [3.8, 4) is 5.75 Å². The molecule has 1 rings (SSSR count). The summed E-state index contributed by atoms with van der Waals surface area (Å²) in [6, 6.07) is 8.01. The van der Waals surface area contributed by atoms with Crippen molar-refractivity contribution in [2.45, 2.75) is 26.0 Å². The first-order valence-electron chi connectivity index (χ1n) is 6.52. The quantitative estimate of drug-likeness (QED) is 0.731. The zero-order valence-electron chi connectivity index (χ0n) is 12.3. The zero-order valence-corrected chi connectivity index (χ0v) is 12.3. The Morgan fingerprint density at radius 1 is 1.16 bits per heavy atom. The average Bonchev–Trinajstić information content (AvgIpc) is 2.29. The van der Waals surface area contributed by atoms with Crippen molar-refractivity contribution in [1.82, 2.24) is 4.90 Å². The van der Waals surface area contributed by atoms with Crippen LogP contribution in [0, 0.1) is 0 Å². The van der Waals surface area contributed by atoms with E-state index in [4.69, 9.17) is 9.47 Å². The zero-order chi connectivity index (χ0) is 14.3. The minimum Gasteiger partial charge on any atom is -0.491 e. The van der Waals surface area contributed by atoms with E-state index in [-0.39, 0.29) is 0 Å². The number of nitrogens with zero attached hydrogens (tertiary/aromatic N) is 1.